The minimum Gasteiger partial charge on any atom is -0.325 e. The Balaban J connectivity index is 4.39. The molecule has 0 aliphatic rings. The molecule has 0 amide bonds. The molecular formula is C8H13ClN2. The predicted molar refractivity (Wildman–Crippen MR) is 50.9 cm³/mol. The van der Waals surface area contributed by atoms with Crippen LogP contribution in [0.1, 0.15) is 13.8 Å². The summed E-state index contributed by atoms with van der Waals surface area (Å²) in [4.78, 5) is 4.04. The van der Waals surface area contributed by atoms with Crippen LogP contribution in [0.4, 0.5) is 0 Å². The van der Waals surface area contributed by atoms with Gasteiger partial charge in [0, 0.05) is 12.7 Å². The normalized spacial score (nSPS) is 14.5. The number of hydrogen-bond donors (Lipinski definition) is 1. The summed E-state index contributed by atoms with van der Waals surface area (Å²) in [6, 6.07) is 0. The van der Waals surface area contributed by atoms with E-state index < -0.39 is 0 Å². The molecule has 0 saturated carbocycles. The molecular weight excluding hydrogens is 160 g/mol. The van der Waals surface area contributed by atoms with Gasteiger partial charge >= 0.3 is 0 Å². The van der Waals surface area contributed by atoms with E-state index in [-0.39, 0.29) is 0 Å². The zero-order valence-electron chi connectivity index (χ0n) is 6.84. The topological polar surface area (TPSA) is 38.4 Å². The molecule has 0 unspecified atom stereocenters. The molecule has 0 bridgehead atoms. The second-order valence-corrected chi connectivity index (χ2v) is 2.31. The van der Waals surface area contributed by atoms with Crippen LogP contribution in [0.15, 0.2) is 28.4 Å². The van der Waals surface area contributed by atoms with Crippen molar-refractivity contribution in [3.63, 3.8) is 0 Å². The van der Waals surface area contributed by atoms with Crippen molar-refractivity contribution in [1.29, 1.82) is 0 Å². The van der Waals surface area contributed by atoms with Crippen molar-refractivity contribution >= 4 is 17.3 Å². The van der Waals surface area contributed by atoms with Crippen LogP contribution in [0.5, 0.6) is 0 Å². The smallest absolute Gasteiger partial charge is 0.0721 e. The Morgan fingerprint density at radius 3 is 2.55 bits per heavy atom. The van der Waals surface area contributed by atoms with Crippen LogP contribution >= 0.6 is 11.6 Å². The van der Waals surface area contributed by atoms with Crippen LogP contribution in [-0.4, -0.2) is 12.3 Å². The molecule has 0 rings (SSSR count). The van der Waals surface area contributed by atoms with E-state index in [9.17, 15) is 0 Å². The molecule has 2 nitrogen and oxygen atoms in total. The van der Waals surface area contributed by atoms with Crippen molar-refractivity contribution in [1.82, 2.24) is 0 Å². The average molecular weight is 173 g/mol. The Morgan fingerprint density at radius 2 is 2.18 bits per heavy atom. The summed E-state index contributed by atoms with van der Waals surface area (Å²) in [5.41, 5.74) is 6.12. The number of halogens is 1. The summed E-state index contributed by atoms with van der Waals surface area (Å²) in [7, 11) is 0. The Kier molecular flexibility index (Phi) is 5.80. The van der Waals surface area contributed by atoms with Gasteiger partial charge in [-0.25, -0.2) is 0 Å². The first-order valence-electron chi connectivity index (χ1n) is 3.46. The van der Waals surface area contributed by atoms with Crippen LogP contribution < -0.4 is 5.73 Å². The van der Waals surface area contributed by atoms with Gasteiger partial charge < -0.3 is 5.73 Å². The van der Waals surface area contributed by atoms with E-state index in [0.717, 1.165) is 0 Å². The first-order valence-corrected chi connectivity index (χ1v) is 3.84. The van der Waals surface area contributed by atoms with Gasteiger partial charge in [0.05, 0.1) is 10.7 Å². The predicted octanol–water partition coefficient (Wildman–Crippen LogP) is 2.06. The Bertz CT molecular complexity index is 192. The highest BCUT2D eigenvalue weighted by molar-refractivity contribution is 6.43. The van der Waals surface area contributed by atoms with Gasteiger partial charge in [-0.1, -0.05) is 23.8 Å². The van der Waals surface area contributed by atoms with Crippen molar-refractivity contribution < 1.29 is 0 Å². The van der Waals surface area contributed by atoms with Crippen LogP contribution in [0, 0.1) is 0 Å². The average Bonchev–Trinajstić information content (AvgIpc) is 2.05. The minimum atomic E-state index is 0.369. The number of hydrogen-bond acceptors (Lipinski definition) is 2. The molecule has 0 fully saturated rings. The molecule has 0 radical (unpaired) electrons. The quantitative estimate of drug-likeness (QED) is 0.651. The third-order valence-corrected chi connectivity index (χ3v) is 1.54. The maximum atomic E-state index is 5.78. The fourth-order valence-corrected chi connectivity index (χ4v) is 0.669. The van der Waals surface area contributed by atoms with E-state index in [1.165, 1.54) is 0 Å². The maximum Gasteiger partial charge on any atom is 0.0721 e. The molecule has 3 heteroatoms. The van der Waals surface area contributed by atoms with Gasteiger partial charge in [-0.2, -0.15) is 0 Å². The standard InChI is InChI=1S/C8H13ClN2/c1-3-5-11-8(6-10)7(9)4-2/h3-5H,6,10H2,1-2H3/b5-3-,7-4?,11-8?. The van der Waals surface area contributed by atoms with Crippen LogP contribution in [0.25, 0.3) is 0 Å². The molecule has 0 aliphatic carbocycles. The van der Waals surface area contributed by atoms with Crippen LogP contribution in [0.3, 0.4) is 0 Å². The van der Waals surface area contributed by atoms with Crippen molar-refractivity contribution in [2.24, 2.45) is 10.7 Å². The second kappa shape index (κ2) is 6.13. The summed E-state index contributed by atoms with van der Waals surface area (Å²) in [6.45, 7) is 4.11. The molecule has 0 heterocycles. The fraction of sp³-hybridized carbons (Fsp3) is 0.375. The Morgan fingerprint density at radius 1 is 1.55 bits per heavy atom. The summed E-state index contributed by atoms with van der Waals surface area (Å²) >= 11 is 5.78. The highest BCUT2D eigenvalue weighted by Crippen LogP contribution is 2.03. The SMILES string of the molecule is CC=C(Cl)C(CN)=N/C=C\C. The van der Waals surface area contributed by atoms with Crippen LogP contribution in [0.2, 0.25) is 0 Å². The molecule has 0 saturated heterocycles. The van der Waals surface area contributed by atoms with Crippen molar-refractivity contribution in [3.8, 4) is 0 Å². The highest BCUT2D eigenvalue weighted by Gasteiger charge is 1.97. The second-order valence-electron chi connectivity index (χ2n) is 1.90. The molecule has 0 aromatic rings. The van der Waals surface area contributed by atoms with Crippen molar-refractivity contribution in [3.05, 3.63) is 23.4 Å². The van der Waals surface area contributed by atoms with E-state index >= 15 is 0 Å². The summed E-state index contributed by atoms with van der Waals surface area (Å²) < 4.78 is 0. The summed E-state index contributed by atoms with van der Waals surface area (Å²) in [6.07, 6.45) is 5.28. The third-order valence-electron chi connectivity index (χ3n) is 1.10. The van der Waals surface area contributed by atoms with E-state index in [1.807, 2.05) is 19.9 Å². The number of aliphatic imine (C=N–C) groups is 1. The van der Waals surface area contributed by atoms with Gasteiger partial charge in [-0.15, -0.1) is 0 Å². The van der Waals surface area contributed by atoms with Crippen molar-refractivity contribution in [2.45, 2.75) is 13.8 Å². The number of rotatable bonds is 3. The lowest BCUT2D eigenvalue weighted by molar-refractivity contribution is 1.29. The number of nitrogens with two attached hydrogens (primary N) is 1. The van der Waals surface area contributed by atoms with Crippen molar-refractivity contribution in [2.75, 3.05) is 6.54 Å². The number of allylic oxidation sites excluding steroid dienone is 2. The lowest BCUT2D eigenvalue weighted by Gasteiger charge is -1.97. The van der Waals surface area contributed by atoms with Crippen LogP contribution in [-0.2, 0) is 0 Å². The maximum absolute atomic E-state index is 5.78. The first kappa shape index (κ1) is 10.4. The van der Waals surface area contributed by atoms with E-state index in [2.05, 4.69) is 4.99 Å². The van der Waals surface area contributed by atoms with Gasteiger partial charge in [-0.3, -0.25) is 4.99 Å². The zero-order chi connectivity index (χ0) is 8.69. The minimum absolute atomic E-state index is 0.369. The molecule has 0 aromatic heterocycles. The molecule has 0 aromatic carbocycles. The summed E-state index contributed by atoms with van der Waals surface area (Å²) in [5.74, 6) is 0. The van der Waals surface area contributed by atoms with E-state index in [4.69, 9.17) is 17.3 Å². The van der Waals surface area contributed by atoms with Gasteiger partial charge in [-0.05, 0) is 13.8 Å². The van der Waals surface area contributed by atoms with Gasteiger partial charge in [0.2, 0.25) is 0 Å². The Hall–Kier alpha value is -0.600. The fourth-order valence-electron chi connectivity index (χ4n) is 0.543. The first-order chi connectivity index (χ1) is 5.26. The largest absolute Gasteiger partial charge is 0.325 e. The number of nitrogens with zero attached hydrogens (tertiary/aromatic N) is 1. The molecule has 0 aliphatic heterocycles. The third kappa shape index (κ3) is 3.96. The van der Waals surface area contributed by atoms with E-state index in [1.54, 1.807) is 12.3 Å². The Labute approximate surface area is 72.5 Å². The molecule has 2 N–H and O–H groups in total. The lowest BCUT2D eigenvalue weighted by Crippen LogP contribution is -2.13. The summed E-state index contributed by atoms with van der Waals surface area (Å²) in [5, 5.41) is 0.616. The highest BCUT2D eigenvalue weighted by atomic mass is 35.5. The molecule has 11 heavy (non-hydrogen) atoms. The zero-order valence-corrected chi connectivity index (χ0v) is 7.60. The monoisotopic (exact) mass is 172 g/mol. The van der Waals surface area contributed by atoms with Gasteiger partial charge in [0.15, 0.2) is 0 Å². The molecule has 0 spiro atoms. The molecule has 0 atom stereocenters. The lowest BCUT2D eigenvalue weighted by atomic mass is 10.3. The van der Waals surface area contributed by atoms with Gasteiger partial charge in [0.25, 0.3) is 0 Å². The molecule has 62 valence electrons. The van der Waals surface area contributed by atoms with E-state index in [0.29, 0.717) is 17.3 Å². The van der Waals surface area contributed by atoms with Gasteiger partial charge in [0.1, 0.15) is 0 Å².